The molecule has 36 heavy (non-hydrogen) atoms. The molecule has 0 saturated heterocycles. The predicted molar refractivity (Wildman–Crippen MR) is 138 cm³/mol. The summed E-state index contributed by atoms with van der Waals surface area (Å²) >= 11 is 1.66. The molecule has 4 rings (SSSR count). The Morgan fingerprint density at radius 1 is 0.861 bits per heavy atom. The van der Waals surface area contributed by atoms with Crippen molar-refractivity contribution in [2.45, 2.75) is 28.5 Å². The van der Waals surface area contributed by atoms with Crippen molar-refractivity contribution in [1.82, 2.24) is 4.98 Å². The topological polar surface area (TPSA) is 151 Å². The molecule has 3 aromatic carbocycles. The van der Waals surface area contributed by atoms with Crippen LogP contribution in [0.4, 0.5) is 0 Å². The van der Waals surface area contributed by atoms with Crippen LogP contribution in [0.5, 0.6) is 0 Å². The molecule has 4 aromatic rings. The summed E-state index contributed by atoms with van der Waals surface area (Å²) in [6.07, 6.45) is 1.87. The van der Waals surface area contributed by atoms with E-state index in [0.29, 0.717) is 5.56 Å². The predicted octanol–water partition coefficient (Wildman–Crippen LogP) is 5.18. The fourth-order valence-corrected chi connectivity index (χ4v) is 4.65. The van der Waals surface area contributed by atoms with Gasteiger partial charge < -0.3 is 15.2 Å². The molecule has 186 valence electrons. The summed E-state index contributed by atoms with van der Waals surface area (Å²) in [6, 6.07) is 20.9. The van der Waals surface area contributed by atoms with Gasteiger partial charge in [0.2, 0.25) is 10.0 Å². The van der Waals surface area contributed by atoms with E-state index in [-0.39, 0.29) is 16.0 Å². The third-order valence-electron chi connectivity index (χ3n) is 5.14. The maximum atomic E-state index is 11.3. The van der Waals surface area contributed by atoms with E-state index in [9.17, 15) is 18.0 Å². The average molecular weight is 525 g/mol. The van der Waals surface area contributed by atoms with Crippen LogP contribution in [0, 0.1) is 13.8 Å². The van der Waals surface area contributed by atoms with Gasteiger partial charge in [0.1, 0.15) is 0 Å². The molecule has 0 radical (unpaired) electrons. The zero-order valence-electron chi connectivity index (χ0n) is 19.4. The number of rotatable bonds is 6. The largest absolute Gasteiger partial charge is 0.478 e. The van der Waals surface area contributed by atoms with Crippen molar-refractivity contribution in [1.29, 1.82) is 0 Å². The molecule has 1 heterocycles. The van der Waals surface area contributed by atoms with Gasteiger partial charge in [0.15, 0.2) is 0 Å². The van der Waals surface area contributed by atoms with Crippen molar-refractivity contribution < 1.29 is 28.2 Å². The Morgan fingerprint density at radius 2 is 1.50 bits per heavy atom. The Morgan fingerprint density at radius 3 is 2.06 bits per heavy atom. The summed E-state index contributed by atoms with van der Waals surface area (Å²) in [5, 5.41) is 22.4. The molecule has 0 saturated carbocycles. The van der Waals surface area contributed by atoms with Crippen LogP contribution in [-0.4, -0.2) is 35.6 Å². The minimum absolute atomic E-state index is 0.0111. The van der Waals surface area contributed by atoms with Gasteiger partial charge in [-0.1, -0.05) is 47.7 Å². The Hall–Kier alpha value is -3.86. The van der Waals surface area contributed by atoms with E-state index in [0.717, 1.165) is 27.1 Å². The molecule has 10 heteroatoms. The van der Waals surface area contributed by atoms with Gasteiger partial charge in [-0.15, -0.1) is 0 Å². The van der Waals surface area contributed by atoms with E-state index >= 15 is 0 Å². The molecule has 0 fully saturated rings. The second-order valence-electron chi connectivity index (χ2n) is 7.84. The van der Waals surface area contributed by atoms with Crippen molar-refractivity contribution in [3.8, 4) is 11.3 Å². The van der Waals surface area contributed by atoms with Crippen LogP contribution in [0.1, 0.15) is 31.8 Å². The Kier molecular flexibility index (Phi) is 8.36. The number of hydrogen-bond donors (Lipinski definition) is 4. The van der Waals surface area contributed by atoms with E-state index in [2.05, 4.69) is 36.2 Å². The van der Waals surface area contributed by atoms with E-state index in [1.807, 2.05) is 12.3 Å². The quantitative estimate of drug-likeness (QED) is 0.271. The number of aryl methyl sites for hydroxylation is 2. The number of H-pyrrole nitrogens is 1. The number of carboxylic acids is 2. The fourth-order valence-electron chi connectivity index (χ4n) is 3.20. The minimum atomic E-state index is -3.67. The van der Waals surface area contributed by atoms with Crippen LogP contribution < -0.4 is 5.14 Å². The number of carbonyl (C=O) groups is 2. The maximum Gasteiger partial charge on any atom is 0.335 e. The number of primary sulfonamides is 1. The third kappa shape index (κ3) is 6.85. The van der Waals surface area contributed by atoms with Gasteiger partial charge in [-0.05, 0) is 67.4 Å². The molecule has 8 nitrogen and oxygen atoms in total. The number of sulfonamides is 1. The molecular weight excluding hydrogens is 500 g/mol. The summed E-state index contributed by atoms with van der Waals surface area (Å²) in [6.45, 7) is 3.68. The summed E-state index contributed by atoms with van der Waals surface area (Å²) in [7, 11) is -3.67. The molecule has 0 aliphatic rings. The standard InChI is InChI=1S/C17H16N2O2S2.C9H8O4/c1-12-2-6-14(7-3-12)22-16-10-11-19-17(16)13-4-8-15(9-5-13)23(18,20)21;1-5-2-3-6(8(10)11)4-7(5)9(12)13/h2-11,19H,1H3,(H2,18,20,21);2-4H,1H3,(H,10,11)(H,12,13). The first-order valence-electron chi connectivity index (χ1n) is 10.6. The second kappa shape index (κ2) is 11.3. The van der Waals surface area contributed by atoms with Gasteiger partial charge in [0.25, 0.3) is 0 Å². The highest BCUT2D eigenvalue weighted by Crippen LogP contribution is 2.35. The second-order valence-corrected chi connectivity index (χ2v) is 10.5. The normalized spacial score (nSPS) is 10.9. The molecule has 0 aliphatic carbocycles. The number of hydrogen-bond acceptors (Lipinski definition) is 5. The minimum Gasteiger partial charge on any atom is -0.478 e. The van der Waals surface area contributed by atoms with Gasteiger partial charge in [0, 0.05) is 16.0 Å². The molecular formula is C26H24N2O6S2. The summed E-state index contributed by atoms with van der Waals surface area (Å²) in [5.74, 6) is -2.23. The zero-order chi connectivity index (χ0) is 26.5. The summed E-state index contributed by atoms with van der Waals surface area (Å²) < 4.78 is 22.7. The number of benzene rings is 3. The highest BCUT2D eigenvalue weighted by molar-refractivity contribution is 7.99. The van der Waals surface area contributed by atoms with Crippen molar-refractivity contribution in [2.75, 3.05) is 0 Å². The zero-order valence-corrected chi connectivity index (χ0v) is 21.1. The van der Waals surface area contributed by atoms with Crippen LogP contribution in [0.3, 0.4) is 0 Å². The van der Waals surface area contributed by atoms with Crippen LogP contribution in [-0.2, 0) is 10.0 Å². The lowest BCUT2D eigenvalue weighted by molar-refractivity contribution is 0.0695. The molecule has 1 aromatic heterocycles. The van der Waals surface area contributed by atoms with Crippen LogP contribution in [0.25, 0.3) is 11.3 Å². The van der Waals surface area contributed by atoms with Gasteiger partial charge in [-0.25, -0.2) is 23.1 Å². The molecule has 0 atom stereocenters. The first-order chi connectivity index (χ1) is 17.0. The number of nitrogens with one attached hydrogen (secondary N) is 1. The fraction of sp³-hybridized carbons (Fsp3) is 0.0769. The van der Waals surface area contributed by atoms with Crippen molar-refractivity contribution >= 4 is 33.7 Å². The smallest absolute Gasteiger partial charge is 0.335 e. The lowest BCUT2D eigenvalue weighted by Crippen LogP contribution is -2.11. The molecule has 0 spiro atoms. The molecule has 0 bridgehead atoms. The number of carboxylic acid groups (broad SMARTS) is 2. The molecule has 0 aliphatic heterocycles. The van der Waals surface area contributed by atoms with E-state index < -0.39 is 22.0 Å². The van der Waals surface area contributed by atoms with Crippen molar-refractivity contribution in [3.05, 3.63) is 101 Å². The molecule has 5 N–H and O–H groups in total. The van der Waals surface area contributed by atoms with Crippen molar-refractivity contribution in [2.24, 2.45) is 5.14 Å². The number of aromatic carboxylic acids is 2. The molecule has 0 unspecified atom stereocenters. The van der Waals surface area contributed by atoms with Crippen molar-refractivity contribution in [3.63, 3.8) is 0 Å². The Balaban J connectivity index is 0.000000236. The highest BCUT2D eigenvalue weighted by Gasteiger charge is 2.12. The first kappa shape index (κ1) is 26.7. The number of aromatic nitrogens is 1. The SMILES string of the molecule is Cc1ccc(C(=O)O)cc1C(=O)O.Cc1ccc(Sc2cc[nH]c2-c2ccc(S(N)(=O)=O)cc2)cc1. The monoisotopic (exact) mass is 524 g/mol. The maximum absolute atomic E-state index is 11.3. The first-order valence-corrected chi connectivity index (χ1v) is 12.9. The Bertz CT molecular complexity index is 1490. The highest BCUT2D eigenvalue weighted by atomic mass is 32.2. The van der Waals surface area contributed by atoms with Crippen LogP contribution >= 0.6 is 11.8 Å². The van der Waals surface area contributed by atoms with Gasteiger partial charge >= 0.3 is 11.9 Å². The van der Waals surface area contributed by atoms with E-state index in [4.69, 9.17) is 15.4 Å². The Labute approximate surface area is 212 Å². The lowest BCUT2D eigenvalue weighted by atomic mass is 10.1. The van der Waals surface area contributed by atoms with Gasteiger partial charge in [-0.3, -0.25) is 0 Å². The number of aromatic amines is 1. The van der Waals surface area contributed by atoms with E-state index in [1.54, 1.807) is 30.8 Å². The number of nitrogens with two attached hydrogens (primary N) is 1. The van der Waals surface area contributed by atoms with Gasteiger partial charge in [0.05, 0.1) is 21.7 Å². The van der Waals surface area contributed by atoms with Crippen LogP contribution in [0.2, 0.25) is 0 Å². The molecule has 0 amide bonds. The third-order valence-corrected chi connectivity index (χ3v) is 7.14. The van der Waals surface area contributed by atoms with E-state index in [1.165, 1.54) is 29.8 Å². The average Bonchev–Trinajstić information content (AvgIpc) is 3.28. The lowest BCUT2D eigenvalue weighted by Gasteiger charge is -2.06. The summed E-state index contributed by atoms with van der Waals surface area (Å²) in [5.41, 5.74) is 3.66. The summed E-state index contributed by atoms with van der Waals surface area (Å²) in [4.78, 5) is 26.7. The van der Waals surface area contributed by atoms with Crippen LogP contribution in [0.15, 0.2) is 93.7 Å². The van der Waals surface area contributed by atoms with Gasteiger partial charge in [-0.2, -0.15) is 0 Å².